The highest BCUT2D eigenvalue weighted by Crippen LogP contribution is 2.35. The number of oxazole rings is 1. The van der Waals surface area contributed by atoms with Gasteiger partial charge in [0.25, 0.3) is 5.91 Å². The van der Waals surface area contributed by atoms with Crippen LogP contribution in [0.3, 0.4) is 0 Å². The highest BCUT2D eigenvalue weighted by Gasteiger charge is 2.22. The van der Waals surface area contributed by atoms with Gasteiger partial charge in [0, 0.05) is 23.3 Å². The topological polar surface area (TPSA) is 99.9 Å². The van der Waals surface area contributed by atoms with Crippen molar-refractivity contribution in [1.82, 2.24) is 4.98 Å². The van der Waals surface area contributed by atoms with E-state index in [0.717, 1.165) is 5.56 Å². The molecule has 0 spiro atoms. The smallest absolute Gasteiger partial charge is 0.340 e. The van der Waals surface area contributed by atoms with Gasteiger partial charge in [0.1, 0.15) is 0 Å². The number of carbonyl (C=O) groups is 2. The Morgan fingerprint density at radius 1 is 0.853 bits per heavy atom. The Kier molecular flexibility index (Phi) is 6.59. The zero-order chi connectivity index (χ0) is 24.1. The maximum Gasteiger partial charge on any atom is 0.340 e. The molecule has 1 N–H and O–H groups in total. The van der Waals surface area contributed by atoms with Crippen LogP contribution < -0.4 is 14.8 Å². The van der Waals surface area contributed by atoms with Gasteiger partial charge in [0.15, 0.2) is 17.3 Å². The number of anilines is 1. The predicted octanol–water partition coefficient (Wildman–Crippen LogP) is 5.06. The first-order valence-electron chi connectivity index (χ1n) is 10.3. The zero-order valence-electron chi connectivity index (χ0n) is 18.8. The highest BCUT2D eigenvalue weighted by molar-refractivity contribution is 6.11. The Balaban J connectivity index is 1.70. The van der Waals surface area contributed by atoms with Crippen LogP contribution in [0.15, 0.2) is 77.3 Å². The second-order valence-corrected chi connectivity index (χ2v) is 7.14. The van der Waals surface area contributed by atoms with E-state index in [9.17, 15) is 9.59 Å². The van der Waals surface area contributed by atoms with Gasteiger partial charge in [-0.05, 0) is 12.1 Å². The number of aromatic nitrogens is 1. The fraction of sp³-hybridized carbons (Fsp3) is 0.115. The Morgan fingerprint density at radius 3 is 2.24 bits per heavy atom. The van der Waals surface area contributed by atoms with Gasteiger partial charge in [-0.25, -0.2) is 9.78 Å². The lowest BCUT2D eigenvalue weighted by Crippen LogP contribution is -2.16. The van der Waals surface area contributed by atoms with Crippen molar-refractivity contribution in [3.05, 3.63) is 84.1 Å². The van der Waals surface area contributed by atoms with Gasteiger partial charge in [-0.3, -0.25) is 4.79 Å². The van der Waals surface area contributed by atoms with Gasteiger partial charge >= 0.3 is 5.97 Å². The third-order valence-electron chi connectivity index (χ3n) is 5.14. The quantitative estimate of drug-likeness (QED) is 0.386. The van der Waals surface area contributed by atoms with Crippen molar-refractivity contribution >= 4 is 17.6 Å². The van der Waals surface area contributed by atoms with E-state index in [1.807, 2.05) is 30.3 Å². The molecule has 0 saturated carbocycles. The standard InChI is InChI=1S/C26H22N2O6/c1-31-21-13-19(26(30)33-3)20(14-22(21)32-2)28-24(29)17-11-7-8-12-18(17)25-27-15-23(34-25)16-9-5-4-6-10-16/h4-15H,1-3H3,(H,28,29). The summed E-state index contributed by atoms with van der Waals surface area (Å²) in [6.45, 7) is 0. The molecule has 0 fully saturated rings. The molecule has 172 valence electrons. The van der Waals surface area contributed by atoms with E-state index in [0.29, 0.717) is 34.3 Å². The Hall–Kier alpha value is -4.59. The Morgan fingerprint density at radius 2 is 1.53 bits per heavy atom. The molecular formula is C26H22N2O6. The van der Waals surface area contributed by atoms with Crippen LogP contribution in [-0.2, 0) is 4.74 Å². The average Bonchev–Trinajstić information content (AvgIpc) is 3.38. The number of carbonyl (C=O) groups excluding carboxylic acids is 2. The summed E-state index contributed by atoms with van der Waals surface area (Å²) in [5.41, 5.74) is 2.02. The molecule has 0 unspecified atom stereocenters. The molecule has 8 nitrogen and oxygen atoms in total. The summed E-state index contributed by atoms with van der Waals surface area (Å²) in [6, 6.07) is 19.4. The van der Waals surface area contributed by atoms with Crippen molar-refractivity contribution in [2.75, 3.05) is 26.6 Å². The molecule has 8 heteroatoms. The monoisotopic (exact) mass is 458 g/mol. The van der Waals surface area contributed by atoms with Gasteiger partial charge in [-0.2, -0.15) is 0 Å². The molecular weight excluding hydrogens is 436 g/mol. The molecule has 34 heavy (non-hydrogen) atoms. The van der Waals surface area contributed by atoms with Gasteiger partial charge in [-0.1, -0.05) is 42.5 Å². The van der Waals surface area contributed by atoms with Crippen molar-refractivity contribution in [2.24, 2.45) is 0 Å². The number of rotatable bonds is 7. The van der Waals surface area contributed by atoms with Crippen molar-refractivity contribution in [3.8, 4) is 34.3 Å². The second-order valence-electron chi connectivity index (χ2n) is 7.14. The van der Waals surface area contributed by atoms with Crippen LogP contribution >= 0.6 is 0 Å². The van der Waals surface area contributed by atoms with E-state index in [1.165, 1.54) is 33.5 Å². The summed E-state index contributed by atoms with van der Waals surface area (Å²) in [5.74, 6) is 0.453. The summed E-state index contributed by atoms with van der Waals surface area (Å²) in [6.07, 6.45) is 1.61. The van der Waals surface area contributed by atoms with Crippen LogP contribution in [-0.4, -0.2) is 38.2 Å². The first kappa shape index (κ1) is 22.6. The van der Waals surface area contributed by atoms with Crippen LogP contribution in [0.5, 0.6) is 11.5 Å². The molecule has 0 bridgehead atoms. The van der Waals surface area contributed by atoms with E-state index in [2.05, 4.69) is 10.3 Å². The molecule has 0 aliphatic carbocycles. The number of amides is 1. The Bertz CT molecular complexity index is 1330. The van der Waals surface area contributed by atoms with Crippen LogP contribution in [0.1, 0.15) is 20.7 Å². The molecule has 0 aliphatic heterocycles. The van der Waals surface area contributed by atoms with Crippen molar-refractivity contribution in [2.45, 2.75) is 0 Å². The van der Waals surface area contributed by atoms with Crippen molar-refractivity contribution < 1.29 is 28.2 Å². The maximum absolute atomic E-state index is 13.3. The fourth-order valence-corrected chi connectivity index (χ4v) is 3.45. The molecule has 1 aromatic heterocycles. The number of hydrogen-bond acceptors (Lipinski definition) is 7. The predicted molar refractivity (Wildman–Crippen MR) is 126 cm³/mol. The molecule has 1 heterocycles. The SMILES string of the molecule is COC(=O)c1cc(OC)c(OC)cc1NC(=O)c1ccccc1-c1ncc(-c2ccccc2)o1. The minimum absolute atomic E-state index is 0.119. The minimum atomic E-state index is -0.634. The number of ether oxygens (including phenoxy) is 3. The van der Waals surface area contributed by atoms with E-state index in [1.54, 1.807) is 30.5 Å². The largest absolute Gasteiger partial charge is 0.493 e. The first-order valence-corrected chi connectivity index (χ1v) is 10.3. The number of esters is 1. The number of nitrogens with zero attached hydrogens (tertiary/aromatic N) is 1. The number of nitrogens with one attached hydrogen (secondary N) is 1. The summed E-state index contributed by atoms with van der Waals surface area (Å²) in [7, 11) is 4.17. The average molecular weight is 458 g/mol. The van der Waals surface area contributed by atoms with Gasteiger partial charge in [0.2, 0.25) is 5.89 Å². The lowest BCUT2D eigenvalue weighted by atomic mass is 10.1. The first-order chi connectivity index (χ1) is 16.5. The van der Waals surface area contributed by atoms with Gasteiger partial charge in [0.05, 0.1) is 44.3 Å². The number of methoxy groups -OCH3 is 3. The van der Waals surface area contributed by atoms with E-state index >= 15 is 0 Å². The van der Waals surface area contributed by atoms with Crippen LogP contribution in [0.25, 0.3) is 22.8 Å². The summed E-state index contributed by atoms with van der Waals surface area (Å²) in [4.78, 5) is 30.0. The summed E-state index contributed by atoms with van der Waals surface area (Å²) in [5, 5.41) is 2.77. The van der Waals surface area contributed by atoms with Crippen molar-refractivity contribution in [1.29, 1.82) is 0 Å². The lowest BCUT2D eigenvalue weighted by Gasteiger charge is -2.15. The molecule has 0 radical (unpaired) electrons. The summed E-state index contributed by atoms with van der Waals surface area (Å²) < 4.78 is 21.4. The number of hydrogen-bond donors (Lipinski definition) is 1. The van der Waals surface area contributed by atoms with E-state index in [-0.39, 0.29) is 11.3 Å². The van der Waals surface area contributed by atoms with E-state index < -0.39 is 11.9 Å². The van der Waals surface area contributed by atoms with Gasteiger partial charge < -0.3 is 23.9 Å². The zero-order valence-corrected chi connectivity index (χ0v) is 18.8. The highest BCUT2D eigenvalue weighted by atomic mass is 16.5. The molecule has 4 rings (SSSR count). The summed E-state index contributed by atoms with van der Waals surface area (Å²) >= 11 is 0. The van der Waals surface area contributed by atoms with E-state index in [4.69, 9.17) is 18.6 Å². The molecule has 0 saturated heterocycles. The molecule has 1 amide bonds. The second kappa shape index (κ2) is 9.91. The molecule has 4 aromatic rings. The van der Waals surface area contributed by atoms with Crippen LogP contribution in [0.4, 0.5) is 5.69 Å². The molecule has 0 atom stereocenters. The van der Waals surface area contributed by atoms with Gasteiger partial charge in [-0.15, -0.1) is 0 Å². The van der Waals surface area contributed by atoms with Crippen molar-refractivity contribution in [3.63, 3.8) is 0 Å². The normalized spacial score (nSPS) is 10.4. The van der Waals surface area contributed by atoms with Crippen LogP contribution in [0.2, 0.25) is 0 Å². The number of benzene rings is 3. The maximum atomic E-state index is 13.3. The third-order valence-corrected chi connectivity index (χ3v) is 5.14. The lowest BCUT2D eigenvalue weighted by molar-refractivity contribution is 0.0601. The minimum Gasteiger partial charge on any atom is -0.493 e. The fourth-order valence-electron chi connectivity index (χ4n) is 3.45. The molecule has 3 aromatic carbocycles. The third kappa shape index (κ3) is 4.47. The van der Waals surface area contributed by atoms with Crippen LogP contribution in [0, 0.1) is 0 Å². The Labute approximate surface area is 196 Å². The molecule has 0 aliphatic rings.